The Balaban J connectivity index is 1.55. The van der Waals surface area contributed by atoms with Gasteiger partial charge in [0, 0.05) is 13.0 Å². The molecule has 9 heteroatoms. The van der Waals surface area contributed by atoms with E-state index in [4.69, 9.17) is 14.2 Å². The second-order valence-corrected chi connectivity index (χ2v) is 12.0. The number of carbonyl (C=O) groups excluding carboxylic acids is 4. The lowest BCUT2D eigenvalue weighted by atomic mass is 9.52. The summed E-state index contributed by atoms with van der Waals surface area (Å²) >= 11 is 0. The van der Waals surface area contributed by atoms with Crippen LogP contribution in [-0.2, 0) is 28.6 Å². The highest BCUT2D eigenvalue weighted by molar-refractivity contribution is 5.99. The molecule has 3 saturated heterocycles. The third-order valence-electron chi connectivity index (χ3n) is 9.48. The highest BCUT2D eigenvalue weighted by Crippen LogP contribution is 2.76. The molecule has 2 saturated carbocycles. The Bertz CT molecular complexity index is 1160. The number of esters is 3. The SMILES string of the molecule is CC(C)(C)[C@]1(O)C[C@@H]2OC(=O)C[C@@]23C(=O)O[C@@H]2N(CC4CCC4)C(=O)[C@H](OC(=O)c4ccccc4)[C@]213. The van der Waals surface area contributed by atoms with Crippen LogP contribution < -0.4 is 0 Å². The number of nitrogens with zero attached hydrogens (tertiary/aromatic N) is 1. The topological polar surface area (TPSA) is 119 Å². The van der Waals surface area contributed by atoms with Gasteiger partial charge in [-0.05, 0) is 36.3 Å². The van der Waals surface area contributed by atoms with Crippen LogP contribution in [0.25, 0.3) is 0 Å². The second-order valence-electron chi connectivity index (χ2n) is 12.0. The number of aliphatic hydroxyl groups is 1. The van der Waals surface area contributed by atoms with Gasteiger partial charge in [-0.1, -0.05) is 45.4 Å². The number of rotatable bonds is 4. The molecular formula is C27H31NO8. The number of ether oxygens (including phenoxy) is 3. The van der Waals surface area contributed by atoms with Gasteiger partial charge in [0.05, 0.1) is 17.6 Å². The minimum absolute atomic E-state index is 0.0578. The normalized spacial score (nSPS) is 39.3. The molecule has 0 radical (unpaired) electrons. The molecular weight excluding hydrogens is 466 g/mol. The zero-order chi connectivity index (χ0) is 25.7. The van der Waals surface area contributed by atoms with Crippen LogP contribution in [0.4, 0.5) is 0 Å². The average molecular weight is 498 g/mol. The fraction of sp³-hybridized carbons (Fsp3) is 0.630. The fourth-order valence-electron chi connectivity index (χ4n) is 7.48. The first kappa shape index (κ1) is 23.5. The summed E-state index contributed by atoms with van der Waals surface area (Å²) in [7, 11) is 0. The van der Waals surface area contributed by atoms with Crippen LogP contribution in [0.15, 0.2) is 30.3 Å². The van der Waals surface area contributed by atoms with Crippen molar-refractivity contribution in [2.45, 2.75) is 76.9 Å². The van der Waals surface area contributed by atoms with E-state index in [-0.39, 0.29) is 24.3 Å². The monoisotopic (exact) mass is 497 g/mol. The highest BCUT2D eigenvalue weighted by atomic mass is 16.6. The van der Waals surface area contributed by atoms with Gasteiger partial charge < -0.3 is 24.2 Å². The summed E-state index contributed by atoms with van der Waals surface area (Å²) in [6, 6.07) is 8.27. The predicted octanol–water partition coefficient (Wildman–Crippen LogP) is 2.21. The van der Waals surface area contributed by atoms with Gasteiger partial charge in [0.1, 0.15) is 16.9 Å². The Kier molecular flexibility index (Phi) is 4.76. The molecule has 3 aliphatic heterocycles. The molecule has 2 spiro atoms. The van der Waals surface area contributed by atoms with E-state index >= 15 is 0 Å². The van der Waals surface area contributed by atoms with Gasteiger partial charge in [-0.2, -0.15) is 0 Å². The predicted molar refractivity (Wildman–Crippen MR) is 123 cm³/mol. The first-order chi connectivity index (χ1) is 17.0. The molecule has 5 fully saturated rings. The highest BCUT2D eigenvalue weighted by Gasteiger charge is 2.93. The van der Waals surface area contributed by atoms with E-state index in [1.54, 1.807) is 30.3 Å². The summed E-state index contributed by atoms with van der Waals surface area (Å²) in [4.78, 5) is 55.2. The average Bonchev–Trinajstić information content (AvgIpc) is 3.39. The van der Waals surface area contributed by atoms with E-state index in [2.05, 4.69) is 0 Å². The lowest BCUT2D eigenvalue weighted by Crippen LogP contribution is -2.66. The molecule has 192 valence electrons. The molecule has 9 nitrogen and oxygen atoms in total. The van der Waals surface area contributed by atoms with Gasteiger partial charge in [-0.15, -0.1) is 0 Å². The minimum atomic E-state index is -1.73. The van der Waals surface area contributed by atoms with E-state index in [9.17, 15) is 24.3 Å². The maximum absolute atomic E-state index is 14.1. The molecule has 1 N–H and O–H groups in total. The van der Waals surface area contributed by atoms with Crippen molar-refractivity contribution < 1.29 is 38.5 Å². The van der Waals surface area contributed by atoms with Gasteiger partial charge >= 0.3 is 17.9 Å². The zero-order valence-electron chi connectivity index (χ0n) is 20.7. The second kappa shape index (κ2) is 7.31. The molecule has 5 aliphatic rings. The summed E-state index contributed by atoms with van der Waals surface area (Å²) in [5.74, 6) is -2.30. The van der Waals surface area contributed by atoms with E-state index in [0.29, 0.717) is 6.54 Å². The molecule has 36 heavy (non-hydrogen) atoms. The lowest BCUT2D eigenvalue weighted by molar-refractivity contribution is -0.212. The van der Waals surface area contributed by atoms with Crippen LogP contribution in [0, 0.1) is 22.2 Å². The van der Waals surface area contributed by atoms with Gasteiger partial charge in [-0.25, -0.2) is 4.79 Å². The van der Waals surface area contributed by atoms with Crippen LogP contribution >= 0.6 is 0 Å². The molecule has 1 aromatic carbocycles. The van der Waals surface area contributed by atoms with Gasteiger partial charge in [0.2, 0.25) is 0 Å². The lowest BCUT2D eigenvalue weighted by Gasteiger charge is -2.51. The number of carbonyl (C=O) groups is 4. The Morgan fingerprint density at radius 3 is 2.44 bits per heavy atom. The smallest absolute Gasteiger partial charge is 0.338 e. The first-order valence-electron chi connectivity index (χ1n) is 12.7. The summed E-state index contributed by atoms with van der Waals surface area (Å²) in [5.41, 5.74) is -5.72. The van der Waals surface area contributed by atoms with Crippen LogP contribution in [0.3, 0.4) is 0 Å². The van der Waals surface area contributed by atoms with E-state index < -0.39 is 64.1 Å². The molecule has 3 heterocycles. The summed E-state index contributed by atoms with van der Waals surface area (Å²) in [6.07, 6.45) is -1.15. The van der Waals surface area contributed by atoms with Crippen molar-refractivity contribution in [3.8, 4) is 0 Å². The number of amides is 1. The Morgan fingerprint density at radius 1 is 1.14 bits per heavy atom. The van der Waals surface area contributed by atoms with Crippen molar-refractivity contribution >= 4 is 23.8 Å². The summed E-state index contributed by atoms with van der Waals surface area (Å²) in [6.45, 7) is 5.77. The van der Waals surface area contributed by atoms with Crippen molar-refractivity contribution in [3.63, 3.8) is 0 Å². The molecule has 1 aromatic rings. The number of benzene rings is 1. The van der Waals surface area contributed by atoms with E-state index in [0.717, 1.165) is 19.3 Å². The summed E-state index contributed by atoms with van der Waals surface area (Å²) in [5, 5.41) is 12.6. The van der Waals surface area contributed by atoms with E-state index in [1.165, 1.54) is 4.90 Å². The zero-order valence-corrected chi connectivity index (χ0v) is 20.7. The maximum atomic E-state index is 14.1. The summed E-state index contributed by atoms with van der Waals surface area (Å²) < 4.78 is 17.5. The van der Waals surface area contributed by atoms with Crippen LogP contribution in [0.2, 0.25) is 0 Å². The quantitative estimate of drug-likeness (QED) is 0.497. The third-order valence-corrected chi connectivity index (χ3v) is 9.48. The Hall–Kier alpha value is -2.94. The number of hydrogen-bond donors (Lipinski definition) is 1. The van der Waals surface area contributed by atoms with Crippen molar-refractivity contribution in [2.75, 3.05) is 6.54 Å². The van der Waals surface area contributed by atoms with E-state index in [1.807, 2.05) is 20.8 Å². The van der Waals surface area contributed by atoms with Crippen molar-refractivity contribution in [1.82, 2.24) is 4.90 Å². The number of likely N-dealkylation sites (tertiary alicyclic amines) is 1. The minimum Gasteiger partial charge on any atom is -0.461 e. The molecule has 6 atom stereocenters. The Morgan fingerprint density at radius 2 is 1.83 bits per heavy atom. The standard InChI is InChI=1S/C27H31NO8/c1-24(2,3)26(33)12-17-25(13-18(29)34-17)23(32)36-22-27(25,26)19(20(30)28(22)14-15-8-7-9-15)35-21(31)16-10-5-4-6-11-16/h4-6,10-11,15,17,19,22,33H,7-9,12-14H2,1-3H3/t17-,19-,22-,25-,26+,27+/m0/s1. The molecule has 6 rings (SSSR count). The number of hydrogen-bond acceptors (Lipinski definition) is 8. The van der Waals surface area contributed by atoms with Crippen molar-refractivity contribution in [2.24, 2.45) is 22.2 Å². The molecule has 1 amide bonds. The molecule has 0 bridgehead atoms. The maximum Gasteiger partial charge on any atom is 0.338 e. The van der Waals surface area contributed by atoms with Crippen LogP contribution in [0.1, 0.15) is 63.2 Å². The molecule has 0 aromatic heterocycles. The van der Waals surface area contributed by atoms with Crippen molar-refractivity contribution in [1.29, 1.82) is 0 Å². The van der Waals surface area contributed by atoms with Crippen LogP contribution in [-0.4, -0.2) is 64.4 Å². The Labute approximate surface area is 209 Å². The molecule has 2 aliphatic carbocycles. The fourth-order valence-corrected chi connectivity index (χ4v) is 7.48. The van der Waals surface area contributed by atoms with Crippen LogP contribution in [0.5, 0.6) is 0 Å². The first-order valence-corrected chi connectivity index (χ1v) is 12.7. The van der Waals surface area contributed by atoms with Gasteiger partial charge in [0.15, 0.2) is 12.3 Å². The van der Waals surface area contributed by atoms with Crippen molar-refractivity contribution in [3.05, 3.63) is 35.9 Å². The third kappa shape index (κ3) is 2.59. The largest absolute Gasteiger partial charge is 0.461 e. The van der Waals surface area contributed by atoms with Gasteiger partial charge in [-0.3, -0.25) is 14.4 Å². The van der Waals surface area contributed by atoms with Gasteiger partial charge in [0.25, 0.3) is 5.91 Å². The molecule has 0 unspecified atom stereocenters.